The summed E-state index contributed by atoms with van der Waals surface area (Å²) in [5, 5.41) is 0. The average Bonchev–Trinajstić information content (AvgIpc) is 2.37. The molecule has 0 spiro atoms. The molecule has 0 saturated heterocycles. The molecule has 1 nitrogen and oxygen atoms in total. The molecule has 1 aliphatic rings. The molecule has 0 atom stereocenters. The summed E-state index contributed by atoms with van der Waals surface area (Å²) >= 11 is 0. The van der Waals surface area contributed by atoms with Crippen LogP contribution in [0.2, 0.25) is 0 Å². The van der Waals surface area contributed by atoms with Crippen LogP contribution in [0.15, 0.2) is 35.4 Å². The van der Waals surface area contributed by atoms with Gasteiger partial charge < -0.3 is 4.74 Å². The summed E-state index contributed by atoms with van der Waals surface area (Å²) in [4.78, 5) is 0. The highest BCUT2D eigenvalue weighted by Gasteiger charge is 2.43. The number of alkyl halides is 3. The minimum absolute atomic E-state index is 0.381. The third-order valence-electron chi connectivity index (χ3n) is 2.99. The third-order valence-corrected chi connectivity index (χ3v) is 2.99. The summed E-state index contributed by atoms with van der Waals surface area (Å²) in [7, 11) is 1.03. The fraction of sp³-hybridized carbons (Fsp3) is 0.214. The third kappa shape index (κ3) is 2.91. The number of allylic oxidation sites excluding steroid dienone is 4. The first-order valence-corrected chi connectivity index (χ1v) is 5.78. The maximum atomic E-state index is 13.9. The highest BCUT2D eigenvalue weighted by molar-refractivity contribution is 5.76. The first kappa shape index (κ1) is 15.5. The molecule has 113 valence electrons. The standard InChI is InChI=1S/C14H9F6O/c1-21-11-5-4-9(12(13(11)17)14(18,19)20)8-3-2-7(15)6-10(8)16/h2-3,5-6H,4H2,1H3. The number of halogens is 6. The molecule has 0 saturated carbocycles. The van der Waals surface area contributed by atoms with Gasteiger partial charge in [0.15, 0.2) is 5.83 Å². The normalized spacial score (nSPS) is 16.5. The van der Waals surface area contributed by atoms with E-state index in [9.17, 15) is 26.3 Å². The van der Waals surface area contributed by atoms with Crippen molar-refractivity contribution in [3.05, 3.63) is 59.0 Å². The van der Waals surface area contributed by atoms with Crippen molar-refractivity contribution < 1.29 is 31.1 Å². The van der Waals surface area contributed by atoms with Crippen molar-refractivity contribution >= 4 is 5.57 Å². The quantitative estimate of drug-likeness (QED) is 0.719. The molecule has 7 heteroatoms. The summed E-state index contributed by atoms with van der Waals surface area (Å²) < 4.78 is 84.1. The Morgan fingerprint density at radius 2 is 1.76 bits per heavy atom. The average molecular weight is 307 g/mol. The molecule has 1 aliphatic carbocycles. The van der Waals surface area contributed by atoms with Crippen molar-refractivity contribution in [1.29, 1.82) is 0 Å². The lowest BCUT2D eigenvalue weighted by molar-refractivity contribution is -0.0912. The van der Waals surface area contributed by atoms with E-state index >= 15 is 0 Å². The van der Waals surface area contributed by atoms with Crippen molar-refractivity contribution in [2.24, 2.45) is 0 Å². The maximum Gasteiger partial charge on any atom is 0.419 e. The van der Waals surface area contributed by atoms with Crippen molar-refractivity contribution in [3.63, 3.8) is 0 Å². The van der Waals surface area contributed by atoms with Gasteiger partial charge in [0.2, 0.25) is 0 Å². The summed E-state index contributed by atoms with van der Waals surface area (Å²) in [5.41, 5.74) is -2.70. The predicted molar refractivity (Wildman–Crippen MR) is 63.4 cm³/mol. The van der Waals surface area contributed by atoms with Crippen LogP contribution in [0.4, 0.5) is 26.3 Å². The highest BCUT2D eigenvalue weighted by Crippen LogP contribution is 2.45. The van der Waals surface area contributed by atoms with Gasteiger partial charge in [-0.2, -0.15) is 13.2 Å². The molecule has 0 unspecified atom stereocenters. The molecule has 0 fully saturated rings. The first-order valence-electron chi connectivity index (χ1n) is 5.78. The maximum absolute atomic E-state index is 13.9. The minimum atomic E-state index is -5.03. The van der Waals surface area contributed by atoms with Crippen LogP contribution < -0.4 is 0 Å². The van der Waals surface area contributed by atoms with E-state index in [1.807, 2.05) is 0 Å². The largest absolute Gasteiger partial charge is 0.498 e. The van der Waals surface area contributed by atoms with E-state index < -0.39 is 46.1 Å². The molecule has 1 radical (unpaired) electrons. The highest BCUT2D eigenvalue weighted by atomic mass is 19.4. The van der Waals surface area contributed by atoms with Gasteiger partial charge in [-0.05, 0) is 24.1 Å². The van der Waals surface area contributed by atoms with Crippen LogP contribution in [0.5, 0.6) is 0 Å². The Balaban J connectivity index is 2.70. The Kier molecular flexibility index (Phi) is 4.02. The zero-order valence-electron chi connectivity index (χ0n) is 10.7. The van der Waals surface area contributed by atoms with Crippen LogP contribution in [-0.4, -0.2) is 13.3 Å². The summed E-state index contributed by atoms with van der Waals surface area (Å²) in [6, 6.07) is 2.11. The number of rotatable bonds is 2. The number of hydrogen-bond donors (Lipinski definition) is 0. The molecule has 21 heavy (non-hydrogen) atoms. The molecule has 0 bridgehead atoms. The molecule has 0 amide bonds. The second kappa shape index (κ2) is 5.46. The second-order valence-corrected chi connectivity index (χ2v) is 4.27. The lowest BCUT2D eigenvalue weighted by atomic mass is 9.89. The zero-order chi connectivity index (χ0) is 15.8. The number of benzene rings is 1. The summed E-state index contributed by atoms with van der Waals surface area (Å²) in [6.45, 7) is 0. The van der Waals surface area contributed by atoms with Gasteiger partial charge in [0.05, 0.1) is 12.7 Å². The van der Waals surface area contributed by atoms with Gasteiger partial charge in [-0.25, -0.2) is 13.2 Å². The van der Waals surface area contributed by atoms with Gasteiger partial charge in [-0.3, -0.25) is 0 Å². The van der Waals surface area contributed by atoms with E-state index in [0.717, 1.165) is 25.7 Å². The van der Waals surface area contributed by atoms with E-state index in [-0.39, 0.29) is 6.42 Å². The fourth-order valence-corrected chi connectivity index (χ4v) is 2.09. The van der Waals surface area contributed by atoms with Gasteiger partial charge in [0, 0.05) is 18.1 Å². The second-order valence-electron chi connectivity index (χ2n) is 4.27. The van der Waals surface area contributed by atoms with Gasteiger partial charge in [0.1, 0.15) is 17.4 Å². The van der Waals surface area contributed by atoms with Crippen LogP contribution in [0.25, 0.3) is 5.57 Å². The molecule has 0 heterocycles. The van der Waals surface area contributed by atoms with E-state index in [2.05, 4.69) is 4.74 Å². The van der Waals surface area contributed by atoms with Crippen LogP contribution in [0.3, 0.4) is 0 Å². The molecule has 0 aliphatic heterocycles. The fourth-order valence-electron chi connectivity index (χ4n) is 2.09. The zero-order valence-corrected chi connectivity index (χ0v) is 10.7. The van der Waals surface area contributed by atoms with E-state index in [1.54, 1.807) is 0 Å². The van der Waals surface area contributed by atoms with Gasteiger partial charge >= 0.3 is 6.18 Å². The van der Waals surface area contributed by atoms with Crippen LogP contribution in [0, 0.1) is 18.1 Å². The number of ether oxygens (including phenoxy) is 1. The Morgan fingerprint density at radius 3 is 2.29 bits per heavy atom. The lowest BCUT2D eigenvalue weighted by Gasteiger charge is -2.23. The molecular weight excluding hydrogens is 298 g/mol. The summed E-state index contributed by atoms with van der Waals surface area (Å²) in [6.07, 6.45) is -4.34. The lowest BCUT2D eigenvalue weighted by Crippen LogP contribution is -2.19. The van der Waals surface area contributed by atoms with Gasteiger partial charge in [-0.15, -0.1) is 0 Å². The molecule has 2 rings (SSSR count). The van der Waals surface area contributed by atoms with E-state index in [0.29, 0.717) is 6.07 Å². The molecule has 0 aromatic heterocycles. The van der Waals surface area contributed by atoms with E-state index in [4.69, 9.17) is 0 Å². The van der Waals surface area contributed by atoms with Crippen molar-refractivity contribution in [2.75, 3.05) is 7.11 Å². The smallest absolute Gasteiger partial charge is 0.419 e. The molecular formula is C14H9F6O. The first-order chi connectivity index (χ1) is 9.75. The Hall–Kier alpha value is -1.92. The number of methoxy groups -OCH3 is 1. The molecule has 1 aromatic rings. The van der Waals surface area contributed by atoms with Gasteiger partial charge in [-0.1, -0.05) is 0 Å². The minimum Gasteiger partial charge on any atom is -0.498 e. The predicted octanol–water partition coefficient (Wildman–Crippen LogP) is 4.72. The molecule has 1 aromatic carbocycles. The van der Waals surface area contributed by atoms with Crippen molar-refractivity contribution in [3.8, 4) is 0 Å². The SMILES string of the molecule is COC1=C(F)C(C(F)(F)F)=C(c2ccc(F)cc2F)C[CH]1. The number of hydrogen-bond acceptors (Lipinski definition) is 1. The van der Waals surface area contributed by atoms with Crippen LogP contribution in [-0.2, 0) is 4.74 Å². The van der Waals surface area contributed by atoms with Gasteiger partial charge in [0.25, 0.3) is 0 Å². The van der Waals surface area contributed by atoms with Crippen LogP contribution >= 0.6 is 0 Å². The Morgan fingerprint density at radius 1 is 1.10 bits per heavy atom. The summed E-state index contributed by atoms with van der Waals surface area (Å²) in [5.74, 6) is -4.30. The monoisotopic (exact) mass is 307 g/mol. The van der Waals surface area contributed by atoms with E-state index in [1.165, 1.54) is 0 Å². The topological polar surface area (TPSA) is 9.23 Å². The Bertz CT molecular complexity index is 627. The van der Waals surface area contributed by atoms with Crippen molar-refractivity contribution in [1.82, 2.24) is 0 Å². The molecule has 0 N–H and O–H groups in total. The Labute approximate surface area is 116 Å². The van der Waals surface area contributed by atoms with Crippen LogP contribution in [0.1, 0.15) is 12.0 Å². The van der Waals surface area contributed by atoms with Crippen molar-refractivity contribution in [2.45, 2.75) is 12.6 Å².